The number of amides is 1. The Bertz CT molecular complexity index is 497. The predicted octanol–water partition coefficient (Wildman–Crippen LogP) is 0.0976. The number of hydrogen-bond acceptors (Lipinski definition) is 7. The van der Waals surface area contributed by atoms with Crippen LogP contribution in [-0.4, -0.2) is 61.2 Å². The summed E-state index contributed by atoms with van der Waals surface area (Å²) in [5, 5.41) is 6.80. The zero-order valence-electron chi connectivity index (χ0n) is 12.1. The summed E-state index contributed by atoms with van der Waals surface area (Å²) in [6.07, 6.45) is 2.16. The second kappa shape index (κ2) is 6.27. The van der Waals surface area contributed by atoms with E-state index in [9.17, 15) is 4.79 Å². The highest BCUT2D eigenvalue weighted by atomic mass is 32.1. The van der Waals surface area contributed by atoms with E-state index in [2.05, 4.69) is 15.6 Å². The van der Waals surface area contributed by atoms with Gasteiger partial charge in [0.05, 0.1) is 17.5 Å². The monoisotopic (exact) mass is 311 g/mol. The second-order valence-electron chi connectivity index (χ2n) is 5.50. The quantitative estimate of drug-likeness (QED) is 0.730. The zero-order valence-corrected chi connectivity index (χ0v) is 12.9. The van der Waals surface area contributed by atoms with Gasteiger partial charge in [0.2, 0.25) is 5.91 Å². The Hall–Kier alpha value is -1.22. The van der Waals surface area contributed by atoms with Crippen LogP contribution in [0.2, 0.25) is 0 Å². The van der Waals surface area contributed by atoms with Gasteiger partial charge in [0, 0.05) is 32.8 Å². The summed E-state index contributed by atoms with van der Waals surface area (Å²) in [6.45, 7) is 2.66. The number of aryl methyl sites for hydroxylation is 1. The van der Waals surface area contributed by atoms with Crippen LogP contribution in [0.5, 0.6) is 0 Å². The number of hydrogen-bond donors (Lipinski definition) is 3. The average Bonchev–Trinajstić information content (AvgIpc) is 3.00. The standard InChI is InChI=1S/C13H21N5O2S/c1-20-9-6-18(5-8(9)14)7-11(19)16-13-17-12-10(21-13)3-2-4-15-12/h8-9,15H,2-7,14H2,1H3,(H,16,17,19)/t8-,9-/m0/s1. The number of likely N-dealkylation sites (tertiary alicyclic amines) is 1. The Morgan fingerprint density at radius 3 is 3.19 bits per heavy atom. The van der Waals surface area contributed by atoms with Crippen LogP contribution in [0.1, 0.15) is 11.3 Å². The predicted molar refractivity (Wildman–Crippen MR) is 82.8 cm³/mol. The van der Waals surface area contributed by atoms with E-state index in [1.165, 1.54) is 4.88 Å². The first kappa shape index (κ1) is 14.7. The van der Waals surface area contributed by atoms with E-state index in [-0.39, 0.29) is 18.1 Å². The topological polar surface area (TPSA) is 92.5 Å². The summed E-state index contributed by atoms with van der Waals surface area (Å²) in [4.78, 5) is 19.7. The van der Waals surface area contributed by atoms with Crippen molar-refractivity contribution in [1.29, 1.82) is 0 Å². The molecule has 4 N–H and O–H groups in total. The van der Waals surface area contributed by atoms with E-state index in [0.29, 0.717) is 24.8 Å². The van der Waals surface area contributed by atoms with Crippen molar-refractivity contribution >= 4 is 28.2 Å². The van der Waals surface area contributed by atoms with Crippen molar-refractivity contribution in [3.8, 4) is 0 Å². The Kier molecular flexibility index (Phi) is 4.39. The number of anilines is 2. The van der Waals surface area contributed by atoms with Crippen LogP contribution < -0.4 is 16.4 Å². The van der Waals surface area contributed by atoms with Gasteiger partial charge in [-0.2, -0.15) is 0 Å². The molecule has 3 heterocycles. The molecule has 21 heavy (non-hydrogen) atoms. The van der Waals surface area contributed by atoms with E-state index in [0.717, 1.165) is 25.2 Å². The fourth-order valence-corrected chi connectivity index (χ4v) is 3.79. The van der Waals surface area contributed by atoms with Gasteiger partial charge in [-0.25, -0.2) is 4.98 Å². The highest BCUT2D eigenvalue weighted by Gasteiger charge is 2.31. The van der Waals surface area contributed by atoms with Gasteiger partial charge in [-0.05, 0) is 12.8 Å². The number of carbonyl (C=O) groups is 1. The molecule has 0 radical (unpaired) electrons. The lowest BCUT2D eigenvalue weighted by Crippen LogP contribution is -2.34. The lowest BCUT2D eigenvalue weighted by molar-refractivity contribution is -0.117. The number of thiazole rings is 1. The number of nitrogens with zero attached hydrogens (tertiary/aromatic N) is 2. The third kappa shape index (κ3) is 3.34. The van der Waals surface area contributed by atoms with Crippen LogP contribution in [-0.2, 0) is 16.0 Å². The number of fused-ring (bicyclic) bond motifs is 1. The van der Waals surface area contributed by atoms with Crippen molar-refractivity contribution < 1.29 is 9.53 Å². The molecule has 2 aliphatic heterocycles. The van der Waals surface area contributed by atoms with Crippen molar-refractivity contribution in [2.45, 2.75) is 25.0 Å². The highest BCUT2D eigenvalue weighted by molar-refractivity contribution is 7.16. The molecule has 0 spiro atoms. The first-order valence-electron chi connectivity index (χ1n) is 7.20. The molecular weight excluding hydrogens is 290 g/mol. The maximum absolute atomic E-state index is 12.1. The summed E-state index contributed by atoms with van der Waals surface area (Å²) in [5.74, 6) is 0.870. The van der Waals surface area contributed by atoms with Crippen LogP contribution in [0, 0.1) is 0 Å². The third-order valence-corrected chi connectivity index (χ3v) is 4.90. The van der Waals surface area contributed by atoms with Crippen LogP contribution in [0.25, 0.3) is 0 Å². The van der Waals surface area contributed by atoms with E-state index in [1.54, 1.807) is 18.4 Å². The van der Waals surface area contributed by atoms with Crippen LogP contribution in [0.4, 0.5) is 10.9 Å². The zero-order chi connectivity index (χ0) is 14.8. The fourth-order valence-electron chi connectivity index (χ4n) is 2.79. The highest BCUT2D eigenvalue weighted by Crippen LogP contribution is 2.30. The largest absolute Gasteiger partial charge is 0.378 e. The number of methoxy groups -OCH3 is 1. The van der Waals surface area contributed by atoms with Gasteiger partial charge in [-0.15, -0.1) is 0 Å². The molecule has 1 aromatic heterocycles. The maximum Gasteiger partial charge on any atom is 0.240 e. The molecule has 0 unspecified atom stereocenters. The van der Waals surface area contributed by atoms with Gasteiger partial charge in [-0.3, -0.25) is 9.69 Å². The molecule has 0 bridgehead atoms. The maximum atomic E-state index is 12.1. The van der Waals surface area contributed by atoms with Crippen molar-refractivity contribution in [1.82, 2.24) is 9.88 Å². The van der Waals surface area contributed by atoms with Gasteiger partial charge < -0.3 is 21.1 Å². The molecule has 116 valence electrons. The molecular formula is C13H21N5O2S. The number of aromatic nitrogens is 1. The minimum atomic E-state index is -0.0509. The summed E-state index contributed by atoms with van der Waals surface area (Å²) >= 11 is 1.55. The molecule has 8 heteroatoms. The molecule has 7 nitrogen and oxygen atoms in total. The minimum absolute atomic E-state index is 0.00850. The lowest BCUT2D eigenvalue weighted by atomic mass is 10.2. The molecule has 0 saturated carbocycles. The van der Waals surface area contributed by atoms with E-state index in [1.807, 2.05) is 4.90 Å². The Labute approximate surface area is 127 Å². The molecule has 2 aliphatic rings. The first-order chi connectivity index (χ1) is 10.2. The normalized spacial score (nSPS) is 25.4. The van der Waals surface area contributed by atoms with Crippen molar-refractivity contribution in [2.75, 3.05) is 43.9 Å². The number of rotatable bonds is 4. The summed E-state index contributed by atoms with van der Waals surface area (Å²) in [5.41, 5.74) is 5.96. The molecule has 0 aliphatic carbocycles. The van der Waals surface area contributed by atoms with Gasteiger partial charge in [-0.1, -0.05) is 11.3 Å². The molecule has 2 atom stereocenters. The summed E-state index contributed by atoms with van der Waals surface area (Å²) in [6, 6.07) is -0.0285. The summed E-state index contributed by atoms with van der Waals surface area (Å²) in [7, 11) is 1.65. The van der Waals surface area contributed by atoms with Gasteiger partial charge in [0.15, 0.2) is 5.13 Å². The van der Waals surface area contributed by atoms with Crippen LogP contribution in [0.3, 0.4) is 0 Å². The first-order valence-corrected chi connectivity index (χ1v) is 8.01. The number of ether oxygens (including phenoxy) is 1. The number of carbonyl (C=O) groups excluding carboxylic acids is 1. The summed E-state index contributed by atoms with van der Waals surface area (Å²) < 4.78 is 5.29. The molecule has 1 aromatic rings. The van der Waals surface area contributed by atoms with Crippen molar-refractivity contribution in [3.05, 3.63) is 4.88 Å². The molecule has 1 amide bonds. The lowest BCUT2D eigenvalue weighted by Gasteiger charge is -2.13. The molecule has 1 saturated heterocycles. The van der Waals surface area contributed by atoms with Crippen LogP contribution in [0.15, 0.2) is 0 Å². The van der Waals surface area contributed by atoms with E-state index in [4.69, 9.17) is 10.5 Å². The minimum Gasteiger partial charge on any atom is -0.378 e. The average molecular weight is 311 g/mol. The SMILES string of the molecule is CO[C@H]1CN(CC(=O)Nc2nc3c(s2)CCCN3)C[C@@H]1N. The Morgan fingerprint density at radius 2 is 2.48 bits per heavy atom. The van der Waals surface area contributed by atoms with Gasteiger partial charge >= 0.3 is 0 Å². The van der Waals surface area contributed by atoms with Crippen LogP contribution >= 0.6 is 11.3 Å². The molecule has 3 rings (SSSR count). The van der Waals surface area contributed by atoms with E-state index >= 15 is 0 Å². The molecule has 1 fully saturated rings. The van der Waals surface area contributed by atoms with Crippen molar-refractivity contribution in [3.63, 3.8) is 0 Å². The Balaban J connectivity index is 1.53. The fraction of sp³-hybridized carbons (Fsp3) is 0.692. The smallest absolute Gasteiger partial charge is 0.240 e. The number of nitrogens with two attached hydrogens (primary N) is 1. The van der Waals surface area contributed by atoms with E-state index < -0.39 is 0 Å². The van der Waals surface area contributed by atoms with Gasteiger partial charge in [0.25, 0.3) is 0 Å². The van der Waals surface area contributed by atoms with Crippen molar-refractivity contribution in [2.24, 2.45) is 5.73 Å². The number of nitrogens with one attached hydrogen (secondary N) is 2. The molecule has 0 aromatic carbocycles. The second-order valence-corrected chi connectivity index (χ2v) is 6.59. The Morgan fingerprint density at radius 1 is 1.62 bits per heavy atom. The third-order valence-electron chi connectivity index (χ3n) is 3.87. The van der Waals surface area contributed by atoms with Gasteiger partial charge in [0.1, 0.15) is 5.82 Å².